The molecular formula is C27H30N4O2. The summed E-state index contributed by atoms with van der Waals surface area (Å²) in [5, 5.41) is 7.71. The highest BCUT2D eigenvalue weighted by Gasteiger charge is 2.33. The van der Waals surface area contributed by atoms with Crippen LogP contribution in [0.2, 0.25) is 0 Å². The van der Waals surface area contributed by atoms with E-state index in [9.17, 15) is 0 Å². The first-order valence-electron chi connectivity index (χ1n) is 11.1. The number of hydrogen-bond donors (Lipinski definition) is 1. The molecule has 0 saturated heterocycles. The Morgan fingerprint density at radius 3 is 2.00 bits per heavy atom. The number of ether oxygens (including phenoxy) is 1. The summed E-state index contributed by atoms with van der Waals surface area (Å²) in [5.41, 5.74) is 9.00. The molecule has 1 unspecified atom stereocenters. The van der Waals surface area contributed by atoms with Crippen LogP contribution in [0.5, 0.6) is 5.75 Å². The molecule has 33 heavy (non-hydrogen) atoms. The van der Waals surface area contributed by atoms with Gasteiger partial charge in [-0.15, -0.1) is 5.10 Å². The summed E-state index contributed by atoms with van der Waals surface area (Å²) in [4.78, 5) is 4.45. The first-order valence-corrected chi connectivity index (χ1v) is 11.1. The fraction of sp³-hybridized carbons (Fsp3) is 0.296. The number of rotatable bonds is 7. The van der Waals surface area contributed by atoms with E-state index in [1.807, 2.05) is 56.3 Å². The van der Waals surface area contributed by atoms with Gasteiger partial charge in [-0.3, -0.25) is 4.98 Å². The number of aromatic nitrogens is 3. The zero-order valence-electron chi connectivity index (χ0n) is 19.7. The molecule has 0 aliphatic rings. The van der Waals surface area contributed by atoms with Crippen LogP contribution >= 0.6 is 0 Å². The SMILES string of the molecule is CC(C)C(C)(c1ccc(OC(C)(C)c2ccccn2)cc1)c1ccc(-c2nnc(N)o2)cc1. The van der Waals surface area contributed by atoms with Crippen LogP contribution in [-0.4, -0.2) is 15.2 Å². The van der Waals surface area contributed by atoms with Crippen molar-refractivity contribution in [2.45, 2.75) is 45.6 Å². The Morgan fingerprint density at radius 2 is 1.48 bits per heavy atom. The molecule has 2 N–H and O–H groups in total. The second-order valence-corrected chi connectivity index (χ2v) is 9.23. The molecule has 2 aromatic heterocycles. The minimum absolute atomic E-state index is 0.0645. The van der Waals surface area contributed by atoms with Crippen LogP contribution in [0.3, 0.4) is 0 Å². The van der Waals surface area contributed by atoms with Gasteiger partial charge < -0.3 is 14.9 Å². The van der Waals surface area contributed by atoms with E-state index in [-0.39, 0.29) is 11.4 Å². The summed E-state index contributed by atoms with van der Waals surface area (Å²) in [6.07, 6.45) is 1.79. The van der Waals surface area contributed by atoms with Crippen molar-refractivity contribution in [1.29, 1.82) is 0 Å². The predicted molar refractivity (Wildman–Crippen MR) is 130 cm³/mol. The number of benzene rings is 2. The lowest BCUT2D eigenvalue weighted by Gasteiger charge is -2.35. The van der Waals surface area contributed by atoms with Crippen molar-refractivity contribution in [3.05, 3.63) is 89.7 Å². The fourth-order valence-corrected chi connectivity index (χ4v) is 4.08. The lowest BCUT2D eigenvalue weighted by molar-refractivity contribution is 0.104. The molecule has 0 bridgehead atoms. The highest BCUT2D eigenvalue weighted by molar-refractivity contribution is 5.55. The zero-order valence-corrected chi connectivity index (χ0v) is 19.7. The first-order chi connectivity index (χ1) is 15.7. The van der Waals surface area contributed by atoms with E-state index in [0.717, 1.165) is 17.0 Å². The fourth-order valence-electron chi connectivity index (χ4n) is 4.08. The Hall–Kier alpha value is -3.67. The number of nitrogen functional groups attached to an aromatic ring is 1. The summed E-state index contributed by atoms with van der Waals surface area (Å²) >= 11 is 0. The maximum atomic E-state index is 6.29. The number of hydrogen-bond acceptors (Lipinski definition) is 6. The monoisotopic (exact) mass is 442 g/mol. The van der Waals surface area contributed by atoms with Crippen molar-refractivity contribution >= 4 is 6.01 Å². The van der Waals surface area contributed by atoms with E-state index in [1.54, 1.807) is 6.20 Å². The van der Waals surface area contributed by atoms with Gasteiger partial charge in [-0.2, -0.15) is 0 Å². The molecule has 0 spiro atoms. The lowest BCUT2D eigenvalue weighted by atomic mass is 9.68. The van der Waals surface area contributed by atoms with E-state index in [0.29, 0.717) is 11.8 Å². The van der Waals surface area contributed by atoms with Crippen molar-refractivity contribution in [2.24, 2.45) is 5.92 Å². The molecule has 0 fully saturated rings. The van der Waals surface area contributed by atoms with Crippen molar-refractivity contribution in [1.82, 2.24) is 15.2 Å². The van der Waals surface area contributed by atoms with Crippen LogP contribution in [0.15, 0.2) is 77.3 Å². The van der Waals surface area contributed by atoms with Gasteiger partial charge in [0.25, 0.3) is 0 Å². The van der Waals surface area contributed by atoms with Gasteiger partial charge in [-0.25, -0.2) is 0 Å². The Bertz CT molecular complexity index is 1200. The molecule has 0 aliphatic carbocycles. The lowest BCUT2D eigenvalue weighted by Crippen LogP contribution is -2.30. The van der Waals surface area contributed by atoms with Gasteiger partial charge in [0, 0.05) is 17.2 Å². The van der Waals surface area contributed by atoms with Crippen LogP contribution in [-0.2, 0) is 11.0 Å². The molecule has 0 aliphatic heterocycles. The molecular weight excluding hydrogens is 412 g/mol. The van der Waals surface area contributed by atoms with Gasteiger partial charge in [-0.1, -0.05) is 56.2 Å². The number of nitrogens with zero attached hydrogens (tertiary/aromatic N) is 3. The maximum Gasteiger partial charge on any atom is 0.313 e. The minimum atomic E-state index is -0.530. The molecule has 4 rings (SSSR count). The van der Waals surface area contributed by atoms with E-state index < -0.39 is 5.60 Å². The minimum Gasteiger partial charge on any atom is -0.482 e. The van der Waals surface area contributed by atoms with Crippen molar-refractivity contribution in [3.63, 3.8) is 0 Å². The van der Waals surface area contributed by atoms with Gasteiger partial charge >= 0.3 is 6.01 Å². The smallest absolute Gasteiger partial charge is 0.313 e. The third kappa shape index (κ3) is 4.46. The van der Waals surface area contributed by atoms with Gasteiger partial charge in [0.1, 0.15) is 11.4 Å². The average Bonchev–Trinajstić information content (AvgIpc) is 3.25. The zero-order chi connectivity index (χ0) is 23.6. The first kappa shape index (κ1) is 22.5. The van der Waals surface area contributed by atoms with E-state index in [4.69, 9.17) is 14.9 Å². The van der Waals surface area contributed by atoms with E-state index in [1.165, 1.54) is 11.1 Å². The molecule has 4 aromatic rings. The summed E-state index contributed by atoms with van der Waals surface area (Å²) in [7, 11) is 0. The van der Waals surface area contributed by atoms with Crippen LogP contribution in [0.1, 0.15) is 51.4 Å². The molecule has 0 amide bonds. The molecule has 2 heterocycles. The molecule has 170 valence electrons. The molecule has 6 nitrogen and oxygen atoms in total. The molecule has 6 heteroatoms. The average molecular weight is 443 g/mol. The van der Waals surface area contributed by atoms with Crippen LogP contribution in [0, 0.1) is 5.92 Å². The van der Waals surface area contributed by atoms with Crippen molar-refractivity contribution in [2.75, 3.05) is 5.73 Å². The largest absolute Gasteiger partial charge is 0.482 e. The second kappa shape index (κ2) is 8.70. The Balaban J connectivity index is 1.60. The molecule has 0 saturated carbocycles. The van der Waals surface area contributed by atoms with Crippen LogP contribution in [0.25, 0.3) is 11.5 Å². The van der Waals surface area contributed by atoms with E-state index >= 15 is 0 Å². The maximum absolute atomic E-state index is 6.29. The van der Waals surface area contributed by atoms with Gasteiger partial charge in [0.15, 0.2) is 0 Å². The van der Waals surface area contributed by atoms with Gasteiger partial charge in [-0.05, 0) is 67.3 Å². The molecule has 0 radical (unpaired) electrons. The van der Waals surface area contributed by atoms with Gasteiger partial charge in [0.2, 0.25) is 5.89 Å². The quantitative estimate of drug-likeness (QED) is 0.378. The standard InChI is InChI=1S/C27H30N4O2/c1-18(2)27(5,20-11-9-19(10-12-20)24-30-31-25(28)32-24)21-13-15-22(16-14-21)33-26(3,4)23-8-6-7-17-29-23/h6-18H,1-5H3,(H2,28,31). The van der Waals surface area contributed by atoms with E-state index in [2.05, 4.69) is 60.2 Å². The molecule has 1 atom stereocenters. The van der Waals surface area contributed by atoms with Crippen molar-refractivity contribution in [3.8, 4) is 17.2 Å². The highest BCUT2D eigenvalue weighted by atomic mass is 16.5. The predicted octanol–water partition coefficient (Wildman–Crippen LogP) is 5.99. The molecule has 2 aromatic carbocycles. The number of anilines is 1. The second-order valence-electron chi connectivity index (χ2n) is 9.23. The third-order valence-corrected chi connectivity index (χ3v) is 6.44. The Morgan fingerprint density at radius 1 is 0.848 bits per heavy atom. The summed E-state index contributed by atoms with van der Waals surface area (Å²) in [6.45, 7) is 10.8. The summed E-state index contributed by atoms with van der Waals surface area (Å²) < 4.78 is 11.6. The normalized spacial score (nSPS) is 13.6. The van der Waals surface area contributed by atoms with Crippen LogP contribution in [0.4, 0.5) is 6.01 Å². The van der Waals surface area contributed by atoms with Crippen LogP contribution < -0.4 is 10.5 Å². The van der Waals surface area contributed by atoms with Crippen molar-refractivity contribution < 1.29 is 9.15 Å². The highest BCUT2D eigenvalue weighted by Crippen LogP contribution is 2.40. The third-order valence-electron chi connectivity index (χ3n) is 6.44. The topological polar surface area (TPSA) is 87.1 Å². The number of nitrogens with two attached hydrogens (primary N) is 1. The number of pyridine rings is 1. The Labute approximate surface area is 194 Å². The van der Waals surface area contributed by atoms with Gasteiger partial charge in [0.05, 0.1) is 5.69 Å². The summed E-state index contributed by atoms with van der Waals surface area (Å²) in [6, 6.07) is 22.5. The Kier molecular flexibility index (Phi) is 5.93. The summed E-state index contributed by atoms with van der Waals surface area (Å²) in [5.74, 6) is 1.59.